The zero-order valence-electron chi connectivity index (χ0n) is 17.1. The third-order valence-corrected chi connectivity index (χ3v) is 5.43. The van der Waals surface area contributed by atoms with E-state index in [-0.39, 0.29) is 11.8 Å². The first kappa shape index (κ1) is 20.4. The number of morpholine rings is 1. The fourth-order valence-corrected chi connectivity index (χ4v) is 3.52. The van der Waals surface area contributed by atoms with Crippen LogP contribution in [0.2, 0.25) is 0 Å². The van der Waals surface area contributed by atoms with Crippen LogP contribution in [0.5, 0.6) is 0 Å². The zero-order chi connectivity index (χ0) is 20.9. The van der Waals surface area contributed by atoms with Gasteiger partial charge in [0.2, 0.25) is 11.8 Å². The normalized spacial score (nSPS) is 21.5. The van der Waals surface area contributed by atoms with Gasteiger partial charge in [-0.2, -0.15) is 0 Å². The Kier molecular flexibility index (Phi) is 6.30. The Bertz CT molecular complexity index is 913. The van der Waals surface area contributed by atoms with Crippen molar-refractivity contribution < 1.29 is 18.7 Å². The van der Waals surface area contributed by atoms with Crippen LogP contribution < -0.4 is 10.6 Å². The molecule has 2 amide bonds. The minimum absolute atomic E-state index is 0.0602. The predicted molar refractivity (Wildman–Crippen MR) is 115 cm³/mol. The van der Waals surface area contributed by atoms with Crippen molar-refractivity contribution in [1.82, 2.24) is 4.90 Å². The van der Waals surface area contributed by atoms with Gasteiger partial charge in [0.1, 0.15) is 11.5 Å². The highest BCUT2D eigenvalue weighted by Crippen LogP contribution is 2.47. The molecule has 2 aromatic rings. The van der Waals surface area contributed by atoms with Gasteiger partial charge >= 0.3 is 0 Å². The largest absolute Gasteiger partial charge is 0.461 e. The molecule has 1 aromatic carbocycles. The molecule has 1 aromatic heterocycles. The van der Waals surface area contributed by atoms with Crippen LogP contribution in [0, 0.1) is 5.92 Å². The third-order valence-electron chi connectivity index (χ3n) is 5.43. The lowest BCUT2D eigenvalue weighted by atomic mass is 10.2. The van der Waals surface area contributed by atoms with Gasteiger partial charge in [0.25, 0.3) is 0 Å². The molecule has 2 fully saturated rings. The minimum atomic E-state index is -0.239. The quantitative estimate of drug-likeness (QED) is 0.686. The van der Waals surface area contributed by atoms with Crippen molar-refractivity contribution >= 4 is 29.3 Å². The number of nitrogens with one attached hydrogen (secondary N) is 2. The van der Waals surface area contributed by atoms with Crippen LogP contribution >= 0.6 is 0 Å². The van der Waals surface area contributed by atoms with E-state index in [1.165, 1.54) is 12.5 Å². The monoisotopic (exact) mass is 409 g/mol. The molecule has 2 N–H and O–H groups in total. The maximum absolute atomic E-state index is 12.1. The number of ether oxygens (including phenoxy) is 1. The van der Waals surface area contributed by atoms with Crippen molar-refractivity contribution in [3.63, 3.8) is 0 Å². The number of carbonyl (C=O) groups excluding carboxylic acids is 2. The summed E-state index contributed by atoms with van der Waals surface area (Å²) in [5, 5.41) is 5.68. The maximum Gasteiger partial charge on any atom is 0.248 e. The number of benzene rings is 1. The van der Waals surface area contributed by atoms with Gasteiger partial charge in [-0.3, -0.25) is 14.5 Å². The van der Waals surface area contributed by atoms with E-state index in [9.17, 15) is 9.59 Å². The first-order valence-corrected chi connectivity index (χ1v) is 10.4. The fourth-order valence-electron chi connectivity index (χ4n) is 3.52. The van der Waals surface area contributed by atoms with Gasteiger partial charge in [-0.05, 0) is 54.8 Å². The Morgan fingerprint density at radius 2 is 1.73 bits per heavy atom. The second-order valence-electron chi connectivity index (χ2n) is 7.90. The Morgan fingerprint density at radius 1 is 1.07 bits per heavy atom. The van der Waals surface area contributed by atoms with Crippen LogP contribution in [0.4, 0.5) is 11.4 Å². The SMILES string of the molecule is CC1CC1c1ccc(/C=C/C(=O)Nc2ccc(NC(=O)CN3CCOCC3)cc2)o1. The van der Waals surface area contributed by atoms with E-state index >= 15 is 0 Å². The lowest BCUT2D eigenvalue weighted by molar-refractivity contribution is -0.118. The Hall–Kier alpha value is -2.90. The Morgan fingerprint density at radius 3 is 2.40 bits per heavy atom. The van der Waals surface area contributed by atoms with Crippen LogP contribution in [-0.2, 0) is 14.3 Å². The van der Waals surface area contributed by atoms with E-state index in [4.69, 9.17) is 9.15 Å². The highest BCUT2D eigenvalue weighted by atomic mass is 16.5. The second-order valence-corrected chi connectivity index (χ2v) is 7.90. The summed E-state index contributed by atoms with van der Waals surface area (Å²) in [6.45, 7) is 5.42. The average Bonchev–Trinajstić information content (AvgIpc) is 3.28. The first-order chi connectivity index (χ1) is 14.6. The standard InChI is InChI=1S/C23H27N3O4/c1-16-14-20(16)21-8-6-19(30-21)7-9-22(27)24-17-2-4-18(5-3-17)25-23(28)15-26-10-12-29-13-11-26/h2-9,16,20H,10-15H2,1H3,(H,24,27)(H,25,28)/b9-7+. The molecule has 30 heavy (non-hydrogen) atoms. The van der Waals surface area contributed by atoms with Crippen molar-refractivity contribution in [3.8, 4) is 0 Å². The van der Waals surface area contributed by atoms with Gasteiger partial charge in [0.15, 0.2) is 0 Å². The lowest BCUT2D eigenvalue weighted by Crippen LogP contribution is -2.41. The summed E-state index contributed by atoms with van der Waals surface area (Å²) in [6.07, 6.45) is 4.30. The van der Waals surface area contributed by atoms with Crippen LogP contribution in [0.25, 0.3) is 6.08 Å². The summed E-state index contributed by atoms with van der Waals surface area (Å²) < 4.78 is 11.1. The van der Waals surface area contributed by atoms with E-state index in [2.05, 4.69) is 22.5 Å². The summed E-state index contributed by atoms with van der Waals surface area (Å²) in [5.41, 5.74) is 1.35. The molecule has 0 bridgehead atoms. The van der Waals surface area contributed by atoms with Gasteiger partial charge in [-0.25, -0.2) is 0 Å². The van der Waals surface area contributed by atoms with E-state index in [1.807, 2.05) is 12.1 Å². The van der Waals surface area contributed by atoms with Gasteiger partial charge in [0.05, 0.1) is 19.8 Å². The fraction of sp³-hybridized carbons (Fsp3) is 0.391. The summed E-state index contributed by atoms with van der Waals surface area (Å²) in [6, 6.07) is 10.9. The molecular weight excluding hydrogens is 382 g/mol. The number of furan rings is 1. The van der Waals surface area contributed by atoms with Crippen molar-refractivity contribution in [2.24, 2.45) is 5.92 Å². The number of hydrogen-bond donors (Lipinski definition) is 2. The van der Waals surface area contributed by atoms with Gasteiger partial charge in [-0.15, -0.1) is 0 Å². The predicted octanol–water partition coefficient (Wildman–Crippen LogP) is 3.33. The average molecular weight is 409 g/mol. The lowest BCUT2D eigenvalue weighted by Gasteiger charge is -2.25. The van der Waals surface area contributed by atoms with Crippen molar-refractivity contribution in [3.05, 3.63) is 54.0 Å². The van der Waals surface area contributed by atoms with Crippen molar-refractivity contribution in [1.29, 1.82) is 0 Å². The molecule has 1 saturated carbocycles. The number of rotatable bonds is 7. The smallest absolute Gasteiger partial charge is 0.248 e. The van der Waals surface area contributed by atoms with Crippen LogP contribution in [0.15, 0.2) is 46.9 Å². The molecule has 2 aliphatic rings. The molecule has 0 spiro atoms. The summed E-state index contributed by atoms with van der Waals surface area (Å²) in [4.78, 5) is 26.4. The highest BCUT2D eigenvalue weighted by molar-refractivity contribution is 6.02. The molecule has 1 aliphatic carbocycles. The van der Waals surface area contributed by atoms with Crippen LogP contribution in [0.3, 0.4) is 0 Å². The second kappa shape index (κ2) is 9.28. The van der Waals surface area contributed by atoms with Crippen LogP contribution in [-0.4, -0.2) is 49.6 Å². The molecular formula is C23H27N3O4. The third kappa shape index (κ3) is 5.58. The van der Waals surface area contributed by atoms with Crippen LogP contribution in [0.1, 0.15) is 30.8 Å². The molecule has 1 aliphatic heterocycles. The molecule has 1 saturated heterocycles. The highest BCUT2D eigenvalue weighted by Gasteiger charge is 2.36. The number of anilines is 2. The molecule has 7 heteroatoms. The summed E-state index contributed by atoms with van der Waals surface area (Å²) in [5.74, 6) is 2.58. The van der Waals surface area contributed by atoms with Gasteiger partial charge in [0, 0.05) is 36.5 Å². The van der Waals surface area contributed by atoms with E-state index in [0.29, 0.717) is 48.7 Å². The van der Waals surface area contributed by atoms with Crippen molar-refractivity contribution in [2.75, 3.05) is 43.5 Å². The topological polar surface area (TPSA) is 83.8 Å². The van der Waals surface area contributed by atoms with Gasteiger partial charge < -0.3 is 19.8 Å². The molecule has 2 atom stereocenters. The van der Waals surface area contributed by atoms with E-state index in [0.717, 1.165) is 18.8 Å². The van der Waals surface area contributed by atoms with Crippen molar-refractivity contribution in [2.45, 2.75) is 19.3 Å². The molecule has 2 heterocycles. The van der Waals surface area contributed by atoms with E-state index < -0.39 is 0 Å². The maximum atomic E-state index is 12.1. The van der Waals surface area contributed by atoms with Gasteiger partial charge in [-0.1, -0.05) is 6.92 Å². The molecule has 158 valence electrons. The summed E-state index contributed by atoms with van der Waals surface area (Å²) >= 11 is 0. The number of hydrogen-bond acceptors (Lipinski definition) is 5. The Labute approximate surface area is 176 Å². The van der Waals surface area contributed by atoms with E-state index in [1.54, 1.807) is 30.3 Å². The molecule has 2 unspecified atom stereocenters. The minimum Gasteiger partial charge on any atom is -0.461 e. The number of carbonyl (C=O) groups is 2. The molecule has 7 nitrogen and oxygen atoms in total. The number of nitrogens with zero attached hydrogens (tertiary/aromatic N) is 1. The summed E-state index contributed by atoms with van der Waals surface area (Å²) in [7, 11) is 0. The first-order valence-electron chi connectivity index (χ1n) is 10.4. The molecule has 0 radical (unpaired) electrons. The number of amides is 2. The zero-order valence-corrected chi connectivity index (χ0v) is 17.1. The Balaban J connectivity index is 1.24. The molecule has 4 rings (SSSR count).